The van der Waals surface area contributed by atoms with E-state index in [1.807, 2.05) is 36.2 Å². The molecule has 1 amide bonds. The fourth-order valence-corrected chi connectivity index (χ4v) is 3.96. The number of hydrogen-bond acceptors (Lipinski definition) is 5. The summed E-state index contributed by atoms with van der Waals surface area (Å²) in [5.41, 5.74) is 7.61. The third-order valence-electron chi connectivity index (χ3n) is 6.09. The molecular weight excluding hydrogens is 457 g/mol. The van der Waals surface area contributed by atoms with Crippen LogP contribution < -0.4 is 10.5 Å². The second-order valence-electron chi connectivity index (χ2n) is 8.61. The number of nitrogen functional groups attached to an aromatic ring is 1. The second-order valence-corrected chi connectivity index (χ2v) is 8.61. The Bertz CT molecular complexity index is 1170. The molecule has 0 spiro atoms. The number of amides is 1. The van der Waals surface area contributed by atoms with Crippen molar-refractivity contribution >= 4 is 11.7 Å². The monoisotopic (exact) mass is 484 g/mol. The number of likely N-dealkylation sites (N-methyl/N-ethyl adjacent to an activating group) is 1. The normalized spacial score (nSPS) is 14.7. The van der Waals surface area contributed by atoms with Gasteiger partial charge in [0.25, 0.3) is 0 Å². The number of aromatic nitrogens is 1. The topological polar surface area (TPSA) is 71.7 Å². The van der Waals surface area contributed by atoms with Gasteiger partial charge >= 0.3 is 6.18 Å². The van der Waals surface area contributed by atoms with Crippen LogP contribution in [0.5, 0.6) is 5.75 Å². The summed E-state index contributed by atoms with van der Waals surface area (Å²) < 4.78 is 45.4. The zero-order chi connectivity index (χ0) is 25.0. The molecule has 1 saturated heterocycles. The minimum atomic E-state index is -4.47. The average molecular weight is 485 g/mol. The third-order valence-corrected chi connectivity index (χ3v) is 6.09. The van der Waals surface area contributed by atoms with E-state index in [0.717, 1.165) is 43.4 Å². The number of nitrogens with two attached hydrogens (primary N) is 1. The van der Waals surface area contributed by atoms with Gasteiger partial charge in [-0.05, 0) is 30.3 Å². The zero-order valence-electron chi connectivity index (χ0n) is 19.4. The number of ether oxygens (including phenoxy) is 1. The molecule has 2 heterocycles. The summed E-state index contributed by atoms with van der Waals surface area (Å²) in [5.74, 6) is 0.399. The molecule has 0 saturated carbocycles. The third kappa shape index (κ3) is 6.10. The molecule has 2 N–H and O–H groups in total. The van der Waals surface area contributed by atoms with Gasteiger partial charge in [-0.15, -0.1) is 0 Å². The lowest BCUT2D eigenvalue weighted by molar-refractivity contribution is -0.138. The van der Waals surface area contributed by atoms with Crippen LogP contribution in [-0.2, 0) is 24.0 Å². The maximum Gasteiger partial charge on any atom is 0.416 e. The summed E-state index contributed by atoms with van der Waals surface area (Å²) in [6.45, 7) is 2.93. The van der Waals surface area contributed by atoms with Crippen molar-refractivity contribution in [1.82, 2.24) is 14.8 Å². The van der Waals surface area contributed by atoms with Crippen LogP contribution >= 0.6 is 0 Å². The first kappa shape index (κ1) is 24.5. The first-order chi connectivity index (χ1) is 16.7. The minimum absolute atomic E-state index is 0.0131. The second kappa shape index (κ2) is 10.4. The molecule has 0 radical (unpaired) electrons. The Balaban J connectivity index is 1.44. The van der Waals surface area contributed by atoms with Crippen LogP contribution in [0.1, 0.15) is 16.7 Å². The van der Waals surface area contributed by atoms with E-state index in [4.69, 9.17) is 10.5 Å². The highest BCUT2D eigenvalue weighted by atomic mass is 19.4. The molecule has 1 aliphatic heterocycles. The molecular formula is C26H27F3N4O2. The number of halogens is 3. The number of rotatable bonds is 6. The minimum Gasteiger partial charge on any atom is -0.485 e. The van der Waals surface area contributed by atoms with Gasteiger partial charge in [0.05, 0.1) is 12.0 Å². The van der Waals surface area contributed by atoms with Crippen molar-refractivity contribution in [3.05, 3.63) is 77.5 Å². The fraction of sp³-hybridized carbons (Fsp3) is 0.308. The molecule has 184 valence electrons. The van der Waals surface area contributed by atoms with Gasteiger partial charge < -0.3 is 20.3 Å². The zero-order valence-corrected chi connectivity index (χ0v) is 19.4. The molecule has 4 rings (SSSR count). The van der Waals surface area contributed by atoms with Gasteiger partial charge in [0.1, 0.15) is 6.61 Å². The van der Waals surface area contributed by atoms with Gasteiger partial charge in [0.15, 0.2) is 11.6 Å². The number of piperazine rings is 1. The van der Waals surface area contributed by atoms with Gasteiger partial charge in [-0.3, -0.25) is 4.79 Å². The number of carbonyl (C=O) groups excluding carboxylic acids is 1. The van der Waals surface area contributed by atoms with E-state index in [0.29, 0.717) is 12.0 Å². The van der Waals surface area contributed by atoms with Gasteiger partial charge in [0, 0.05) is 43.5 Å². The van der Waals surface area contributed by atoms with Crippen molar-refractivity contribution in [3.63, 3.8) is 0 Å². The first-order valence-corrected chi connectivity index (χ1v) is 11.3. The number of carbonyl (C=O) groups is 1. The van der Waals surface area contributed by atoms with Gasteiger partial charge in [-0.25, -0.2) is 4.98 Å². The summed E-state index contributed by atoms with van der Waals surface area (Å²) >= 11 is 0. The van der Waals surface area contributed by atoms with Crippen LogP contribution in [0.2, 0.25) is 0 Å². The van der Waals surface area contributed by atoms with Crippen LogP contribution in [0.15, 0.2) is 60.8 Å². The number of pyridine rings is 1. The number of anilines is 1. The standard InChI is InChI=1S/C26H27F3N4O2/c1-32-10-12-33(13-11-32)24(34)14-18-6-8-19(9-7-18)21-15-23(25(30)31-16-21)35-17-20-4-2-3-5-22(20)26(27,28)29/h2-9,15-16H,10-14,17H2,1H3,(H2,30,31). The molecule has 1 aliphatic rings. The molecule has 35 heavy (non-hydrogen) atoms. The van der Waals surface area contributed by atoms with Crippen molar-refractivity contribution < 1.29 is 22.7 Å². The SMILES string of the molecule is CN1CCN(C(=O)Cc2ccc(-c3cnc(N)c(OCc4ccccc4C(F)(F)F)c3)cc2)CC1. The summed E-state index contributed by atoms with van der Waals surface area (Å²) in [5, 5.41) is 0. The van der Waals surface area contributed by atoms with E-state index in [-0.39, 0.29) is 29.6 Å². The lowest BCUT2D eigenvalue weighted by Crippen LogP contribution is -2.47. The van der Waals surface area contributed by atoms with Crippen molar-refractivity contribution in [3.8, 4) is 16.9 Å². The Labute approximate surface area is 202 Å². The molecule has 2 aromatic carbocycles. The Morgan fingerprint density at radius 1 is 1.03 bits per heavy atom. The molecule has 0 unspecified atom stereocenters. The van der Waals surface area contributed by atoms with Crippen LogP contribution in [0, 0.1) is 0 Å². The van der Waals surface area contributed by atoms with Crippen molar-refractivity contribution in [1.29, 1.82) is 0 Å². The number of benzene rings is 2. The van der Waals surface area contributed by atoms with Crippen molar-refractivity contribution in [2.45, 2.75) is 19.2 Å². The maximum absolute atomic E-state index is 13.3. The number of hydrogen-bond donors (Lipinski definition) is 1. The molecule has 9 heteroatoms. The largest absolute Gasteiger partial charge is 0.485 e. The molecule has 0 aliphatic carbocycles. The molecule has 1 aromatic heterocycles. The van der Waals surface area contributed by atoms with Crippen LogP contribution in [0.4, 0.5) is 19.0 Å². The van der Waals surface area contributed by atoms with Gasteiger partial charge in [0.2, 0.25) is 5.91 Å². The Morgan fingerprint density at radius 2 is 1.71 bits per heavy atom. The molecule has 3 aromatic rings. The lowest BCUT2D eigenvalue weighted by Gasteiger charge is -2.32. The predicted octanol–water partition coefficient (Wildman–Crippen LogP) is 4.25. The lowest BCUT2D eigenvalue weighted by atomic mass is 10.0. The highest BCUT2D eigenvalue weighted by Crippen LogP contribution is 2.33. The Morgan fingerprint density at radius 3 is 2.40 bits per heavy atom. The Hall–Kier alpha value is -3.59. The smallest absolute Gasteiger partial charge is 0.416 e. The van der Waals surface area contributed by atoms with Crippen LogP contribution in [0.3, 0.4) is 0 Å². The molecule has 6 nitrogen and oxygen atoms in total. The summed E-state index contributed by atoms with van der Waals surface area (Å²) in [4.78, 5) is 20.8. The molecule has 1 fully saturated rings. The van der Waals surface area contributed by atoms with E-state index in [1.165, 1.54) is 18.2 Å². The average Bonchev–Trinajstić information content (AvgIpc) is 2.84. The quantitative estimate of drug-likeness (QED) is 0.567. The summed E-state index contributed by atoms with van der Waals surface area (Å²) in [6, 6.07) is 14.5. The first-order valence-electron chi connectivity index (χ1n) is 11.3. The predicted molar refractivity (Wildman–Crippen MR) is 128 cm³/mol. The Kier molecular flexibility index (Phi) is 7.25. The van der Waals surface area contributed by atoms with E-state index >= 15 is 0 Å². The molecule has 0 atom stereocenters. The van der Waals surface area contributed by atoms with E-state index in [2.05, 4.69) is 9.88 Å². The highest BCUT2D eigenvalue weighted by Gasteiger charge is 2.33. The highest BCUT2D eigenvalue weighted by molar-refractivity contribution is 5.79. The van der Waals surface area contributed by atoms with Crippen molar-refractivity contribution in [2.24, 2.45) is 0 Å². The van der Waals surface area contributed by atoms with Gasteiger partial charge in [-0.2, -0.15) is 13.2 Å². The number of alkyl halides is 3. The van der Waals surface area contributed by atoms with E-state index in [1.54, 1.807) is 12.3 Å². The number of nitrogens with zero attached hydrogens (tertiary/aromatic N) is 3. The van der Waals surface area contributed by atoms with Crippen LogP contribution in [-0.4, -0.2) is 53.9 Å². The van der Waals surface area contributed by atoms with E-state index < -0.39 is 11.7 Å². The van der Waals surface area contributed by atoms with E-state index in [9.17, 15) is 18.0 Å². The van der Waals surface area contributed by atoms with Crippen molar-refractivity contribution in [2.75, 3.05) is 39.0 Å². The summed E-state index contributed by atoms with van der Waals surface area (Å²) in [7, 11) is 2.05. The fourth-order valence-electron chi connectivity index (χ4n) is 3.96. The van der Waals surface area contributed by atoms with Crippen LogP contribution in [0.25, 0.3) is 11.1 Å². The molecule has 0 bridgehead atoms. The maximum atomic E-state index is 13.3. The van der Waals surface area contributed by atoms with Gasteiger partial charge in [-0.1, -0.05) is 42.5 Å². The summed E-state index contributed by atoms with van der Waals surface area (Å²) in [6.07, 6.45) is -2.56.